The van der Waals surface area contributed by atoms with Crippen molar-refractivity contribution in [1.29, 1.82) is 0 Å². The molecular weight excluding hydrogens is 252 g/mol. The molecule has 110 valence electrons. The topological polar surface area (TPSA) is 78.3 Å². The number of carbonyl (C=O) groups is 1. The first-order valence-corrected chi connectivity index (χ1v) is 7.13. The number of amides is 1. The maximum absolute atomic E-state index is 11.2. The summed E-state index contributed by atoms with van der Waals surface area (Å²) in [5, 5.41) is 0. The van der Waals surface area contributed by atoms with Gasteiger partial charge < -0.3 is 16.2 Å². The van der Waals surface area contributed by atoms with Crippen LogP contribution in [-0.4, -0.2) is 12.0 Å². The normalized spacial score (nSPS) is 25.1. The van der Waals surface area contributed by atoms with Gasteiger partial charge in [-0.15, -0.1) is 0 Å². The Balaban J connectivity index is 2.17. The number of carbonyl (C=O) groups excluding carboxylic acids is 1. The molecule has 1 aromatic carbocycles. The van der Waals surface area contributed by atoms with Gasteiger partial charge in [-0.1, -0.05) is 20.8 Å². The number of hydrogen-bond donors (Lipinski definition) is 2. The molecule has 1 aliphatic rings. The Labute approximate surface area is 120 Å². The Hall–Kier alpha value is -1.71. The second-order valence-corrected chi connectivity index (χ2v) is 6.77. The lowest BCUT2D eigenvalue weighted by Crippen LogP contribution is -2.34. The summed E-state index contributed by atoms with van der Waals surface area (Å²) in [5.41, 5.74) is 12.5. The molecule has 4 nitrogen and oxygen atoms in total. The van der Waals surface area contributed by atoms with E-state index in [1.165, 1.54) is 6.42 Å². The minimum absolute atomic E-state index is 0.138. The highest BCUT2D eigenvalue weighted by atomic mass is 16.5. The van der Waals surface area contributed by atoms with Crippen molar-refractivity contribution < 1.29 is 9.53 Å². The first-order valence-electron chi connectivity index (χ1n) is 7.13. The summed E-state index contributed by atoms with van der Waals surface area (Å²) >= 11 is 0. The molecule has 2 unspecified atom stereocenters. The summed E-state index contributed by atoms with van der Waals surface area (Å²) in [7, 11) is 0. The van der Waals surface area contributed by atoms with Crippen LogP contribution in [0.15, 0.2) is 18.2 Å². The van der Waals surface area contributed by atoms with E-state index in [-0.39, 0.29) is 11.5 Å². The molecule has 0 spiro atoms. The molecule has 2 atom stereocenters. The van der Waals surface area contributed by atoms with E-state index in [1.54, 1.807) is 18.2 Å². The molecule has 1 fully saturated rings. The predicted molar refractivity (Wildman–Crippen MR) is 80.6 cm³/mol. The van der Waals surface area contributed by atoms with Crippen LogP contribution in [0.25, 0.3) is 0 Å². The van der Waals surface area contributed by atoms with Gasteiger partial charge in [-0.3, -0.25) is 4.79 Å². The Morgan fingerprint density at radius 2 is 2.05 bits per heavy atom. The number of nitrogens with two attached hydrogens (primary N) is 2. The molecule has 0 heterocycles. The SMILES string of the molecule is CC1CC(Oc2cc(C(N)=O)ccc2N)CC(C)(C)C1. The third-order valence-electron chi connectivity index (χ3n) is 3.94. The van der Waals surface area contributed by atoms with E-state index in [4.69, 9.17) is 16.2 Å². The summed E-state index contributed by atoms with van der Waals surface area (Å²) in [6.07, 6.45) is 3.37. The summed E-state index contributed by atoms with van der Waals surface area (Å²) in [4.78, 5) is 11.2. The number of benzene rings is 1. The first kappa shape index (κ1) is 14.7. The van der Waals surface area contributed by atoms with Crippen LogP contribution in [0.2, 0.25) is 0 Å². The van der Waals surface area contributed by atoms with Crippen molar-refractivity contribution in [2.75, 3.05) is 5.73 Å². The van der Waals surface area contributed by atoms with Gasteiger partial charge in [-0.2, -0.15) is 0 Å². The Morgan fingerprint density at radius 3 is 2.65 bits per heavy atom. The lowest BCUT2D eigenvalue weighted by Gasteiger charge is -2.39. The molecule has 0 saturated heterocycles. The lowest BCUT2D eigenvalue weighted by molar-refractivity contribution is 0.0566. The van der Waals surface area contributed by atoms with Crippen molar-refractivity contribution in [2.24, 2.45) is 17.1 Å². The average Bonchev–Trinajstić information content (AvgIpc) is 2.28. The second-order valence-electron chi connectivity index (χ2n) is 6.77. The molecule has 0 aromatic heterocycles. The van der Waals surface area contributed by atoms with Gasteiger partial charge in [0.15, 0.2) is 0 Å². The van der Waals surface area contributed by atoms with E-state index in [9.17, 15) is 4.79 Å². The van der Waals surface area contributed by atoms with Gasteiger partial charge >= 0.3 is 0 Å². The summed E-state index contributed by atoms with van der Waals surface area (Å²) in [6.45, 7) is 6.78. The molecule has 1 aromatic rings. The van der Waals surface area contributed by atoms with Crippen LogP contribution in [-0.2, 0) is 0 Å². The van der Waals surface area contributed by atoms with E-state index in [0.29, 0.717) is 22.9 Å². The van der Waals surface area contributed by atoms with E-state index in [0.717, 1.165) is 12.8 Å². The monoisotopic (exact) mass is 276 g/mol. The van der Waals surface area contributed by atoms with E-state index in [2.05, 4.69) is 20.8 Å². The summed E-state index contributed by atoms with van der Waals surface area (Å²) in [5.74, 6) is 0.729. The smallest absolute Gasteiger partial charge is 0.248 e. The number of rotatable bonds is 3. The molecule has 1 aliphatic carbocycles. The number of nitrogen functional groups attached to an aromatic ring is 1. The molecule has 0 radical (unpaired) electrons. The van der Waals surface area contributed by atoms with Crippen LogP contribution in [0, 0.1) is 11.3 Å². The van der Waals surface area contributed by atoms with Crippen molar-refractivity contribution in [2.45, 2.75) is 46.1 Å². The van der Waals surface area contributed by atoms with Crippen molar-refractivity contribution >= 4 is 11.6 Å². The van der Waals surface area contributed by atoms with Crippen LogP contribution in [0.3, 0.4) is 0 Å². The standard InChI is InChI=1S/C16H24N2O2/c1-10-6-12(9-16(2,3)8-10)20-14-7-11(15(18)19)4-5-13(14)17/h4-5,7,10,12H,6,8-9,17H2,1-3H3,(H2,18,19). The second kappa shape index (κ2) is 5.35. The first-order chi connectivity index (χ1) is 9.27. The van der Waals surface area contributed by atoms with Crippen LogP contribution >= 0.6 is 0 Å². The Kier molecular flexibility index (Phi) is 3.93. The maximum Gasteiger partial charge on any atom is 0.248 e. The molecule has 1 saturated carbocycles. The summed E-state index contributed by atoms with van der Waals surface area (Å²) < 4.78 is 6.05. The Bertz CT molecular complexity index is 511. The lowest BCUT2D eigenvalue weighted by atomic mass is 9.71. The molecule has 1 amide bonds. The zero-order valence-corrected chi connectivity index (χ0v) is 12.5. The van der Waals surface area contributed by atoms with Crippen molar-refractivity contribution in [3.8, 4) is 5.75 Å². The minimum Gasteiger partial charge on any atom is -0.488 e. The zero-order valence-electron chi connectivity index (χ0n) is 12.5. The predicted octanol–water partition coefficient (Wildman–Crippen LogP) is 2.96. The highest BCUT2D eigenvalue weighted by Gasteiger charge is 2.33. The molecular formula is C16H24N2O2. The maximum atomic E-state index is 11.2. The fourth-order valence-electron chi connectivity index (χ4n) is 3.32. The van der Waals surface area contributed by atoms with Gasteiger partial charge in [-0.05, 0) is 48.8 Å². The van der Waals surface area contributed by atoms with Crippen molar-refractivity contribution in [1.82, 2.24) is 0 Å². The van der Waals surface area contributed by atoms with Gasteiger partial charge in [0, 0.05) is 5.56 Å². The van der Waals surface area contributed by atoms with E-state index in [1.807, 2.05) is 0 Å². The third-order valence-corrected chi connectivity index (χ3v) is 3.94. The van der Waals surface area contributed by atoms with Crippen LogP contribution in [0.5, 0.6) is 5.75 Å². The van der Waals surface area contributed by atoms with E-state index >= 15 is 0 Å². The number of hydrogen-bond acceptors (Lipinski definition) is 3. The Morgan fingerprint density at radius 1 is 1.35 bits per heavy atom. The largest absolute Gasteiger partial charge is 0.488 e. The number of ether oxygens (including phenoxy) is 1. The zero-order chi connectivity index (χ0) is 14.9. The third kappa shape index (κ3) is 3.44. The van der Waals surface area contributed by atoms with E-state index < -0.39 is 5.91 Å². The van der Waals surface area contributed by atoms with Gasteiger partial charge in [0.05, 0.1) is 11.8 Å². The molecule has 20 heavy (non-hydrogen) atoms. The molecule has 2 rings (SSSR count). The van der Waals surface area contributed by atoms with Crippen molar-refractivity contribution in [3.05, 3.63) is 23.8 Å². The van der Waals surface area contributed by atoms with Crippen molar-refractivity contribution in [3.63, 3.8) is 0 Å². The van der Waals surface area contributed by atoms with Gasteiger partial charge in [0.1, 0.15) is 5.75 Å². The molecule has 0 aliphatic heterocycles. The fraction of sp³-hybridized carbons (Fsp3) is 0.562. The molecule has 0 bridgehead atoms. The fourth-order valence-corrected chi connectivity index (χ4v) is 3.32. The minimum atomic E-state index is -0.466. The highest BCUT2D eigenvalue weighted by Crippen LogP contribution is 2.40. The van der Waals surface area contributed by atoms with Gasteiger partial charge in [0.25, 0.3) is 0 Å². The van der Waals surface area contributed by atoms with Crippen LogP contribution in [0.1, 0.15) is 50.4 Å². The summed E-state index contributed by atoms with van der Waals surface area (Å²) in [6, 6.07) is 4.94. The quantitative estimate of drug-likeness (QED) is 0.833. The van der Waals surface area contributed by atoms with Crippen LogP contribution in [0.4, 0.5) is 5.69 Å². The molecule has 4 heteroatoms. The van der Waals surface area contributed by atoms with Crippen LogP contribution < -0.4 is 16.2 Å². The number of primary amides is 1. The highest BCUT2D eigenvalue weighted by molar-refractivity contribution is 5.93. The average molecular weight is 276 g/mol. The van der Waals surface area contributed by atoms with Gasteiger partial charge in [0.2, 0.25) is 5.91 Å². The van der Waals surface area contributed by atoms with Gasteiger partial charge in [-0.25, -0.2) is 0 Å². The number of anilines is 1. The molecule has 4 N–H and O–H groups in total.